The van der Waals surface area contributed by atoms with Crippen LogP contribution in [-0.4, -0.2) is 11.2 Å². The van der Waals surface area contributed by atoms with Crippen LogP contribution in [-0.2, 0) is 6.18 Å². The molecule has 0 aliphatic rings. The van der Waals surface area contributed by atoms with Crippen LogP contribution in [0.5, 0.6) is 11.5 Å². The molecule has 0 aliphatic heterocycles. The molecule has 0 saturated heterocycles. The number of pyridine rings is 1. The van der Waals surface area contributed by atoms with Gasteiger partial charge < -0.3 is 4.74 Å². The molecule has 0 unspecified atom stereocenters. The van der Waals surface area contributed by atoms with E-state index < -0.39 is 11.7 Å². The summed E-state index contributed by atoms with van der Waals surface area (Å²) in [6.45, 7) is 0. The normalized spacial score (nSPS) is 11.6. The molecule has 1 heterocycles. The molecule has 0 aliphatic carbocycles. The molecule has 0 spiro atoms. The maximum atomic E-state index is 12.5. The fourth-order valence-corrected chi connectivity index (χ4v) is 2.04. The predicted octanol–water partition coefficient (Wildman–Crippen LogP) is 5.64. The first-order valence-electron chi connectivity index (χ1n) is 7.41. The Bertz CT molecular complexity index is 843. The fourth-order valence-electron chi connectivity index (χ4n) is 2.04. The highest BCUT2D eigenvalue weighted by molar-refractivity contribution is 5.81. The molecule has 0 saturated carbocycles. The van der Waals surface area contributed by atoms with E-state index >= 15 is 0 Å². The van der Waals surface area contributed by atoms with Gasteiger partial charge in [0, 0.05) is 12.4 Å². The lowest BCUT2D eigenvalue weighted by atomic mass is 10.2. The van der Waals surface area contributed by atoms with Crippen molar-refractivity contribution in [2.45, 2.75) is 6.18 Å². The van der Waals surface area contributed by atoms with Crippen LogP contribution in [0.1, 0.15) is 11.1 Å². The minimum Gasteiger partial charge on any atom is -0.457 e. The second-order valence-electron chi connectivity index (χ2n) is 5.14. The third-order valence-electron chi connectivity index (χ3n) is 3.29. The number of aromatic nitrogens is 1. The van der Waals surface area contributed by atoms with E-state index in [0.717, 1.165) is 17.7 Å². The Labute approximate surface area is 142 Å². The fraction of sp³-hybridized carbons (Fsp3) is 0.0526. The van der Waals surface area contributed by atoms with Crippen molar-refractivity contribution in [2.75, 3.05) is 0 Å². The van der Waals surface area contributed by atoms with Crippen LogP contribution in [0.15, 0.2) is 77.9 Å². The second-order valence-corrected chi connectivity index (χ2v) is 5.14. The second kappa shape index (κ2) is 7.17. The van der Waals surface area contributed by atoms with Crippen molar-refractivity contribution in [3.8, 4) is 11.5 Å². The zero-order valence-electron chi connectivity index (χ0n) is 12.9. The number of ether oxygens (including phenoxy) is 1. The van der Waals surface area contributed by atoms with Crippen LogP contribution < -0.4 is 4.74 Å². The highest BCUT2D eigenvalue weighted by atomic mass is 19.4. The Kier molecular flexibility index (Phi) is 4.79. The highest BCUT2D eigenvalue weighted by Gasteiger charge is 2.30. The molecule has 0 fully saturated rings. The molecule has 0 bridgehead atoms. The van der Waals surface area contributed by atoms with Crippen molar-refractivity contribution in [1.82, 2.24) is 4.98 Å². The first-order chi connectivity index (χ1) is 12.0. The molecule has 6 heteroatoms. The first kappa shape index (κ1) is 16.7. The van der Waals surface area contributed by atoms with Gasteiger partial charge in [-0.05, 0) is 66.2 Å². The molecule has 3 nitrogen and oxygen atoms in total. The minimum atomic E-state index is -4.35. The average molecular weight is 342 g/mol. The molecule has 25 heavy (non-hydrogen) atoms. The lowest BCUT2D eigenvalue weighted by Gasteiger charge is -2.09. The Morgan fingerprint density at radius 3 is 2.04 bits per heavy atom. The summed E-state index contributed by atoms with van der Waals surface area (Å²) in [5.41, 5.74) is 0.145. The van der Waals surface area contributed by atoms with E-state index in [1.54, 1.807) is 42.7 Å². The third kappa shape index (κ3) is 4.67. The van der Waals surface area contributed by atoms with Crippen molar-refractivity contribution in [1.29, 1.82) is 0 Å². The zero-order valence-corrected chi connectivity index (χ0v) is 12.9. The number of nitrogens with zero attached hydrogens (tertiary/aromatic N) is 2. The Morgan fingerprint density at radius 1 is 0.840 bits per heavy atom. The first-order valence-corrected chi connectivity index (χ1v) is 7.41. The predicted molar refractivity (Wildman–Crippen MR) is 89.5 cm³/mol. The summed E-state index contributed by atoms with van der Waals surface area (Å²) in [6, 6.07) is 17.0. The lowest BCUT2D eigenvalue weighted by Crippen LogP contribution is -2.03. The molecule has 0 N–H and O–H groups in total. The van der Waals surface area contributed by atoms with Crippen molar-refractivity contribution < 1.29 is 17.9 Å². The topological polar surface area (TPSA) is 34.5 Å². The van der Waals surface area contributed by atoms with Gasteiger partial charge in [0.2, 0.25) is 0 Å². The zero-order chi connectivity index (χ0) is 17.7. The van der Waals surface area contributed by atoms with Crippen molar-refractivity contribution in [3.63, 3.8) is 0 Å². The molecular weight excluding hydrogens is 329 g/mol. The van der Waals surface area contributed by atoms with Crippen LogP contribution in [0, 0.1) is 0 Å². The summed E-state index contributed by atoms with van der Waals surface area (Å²) in [4.78, 5) is 8.33. The number of benzene rings is 2. The van der Waals surface area contributed by atoms with Gasteiger partial charge in [0.25, 0.3) is 0 Å². The molecule has 0 atom stereocenters. The average Bonchev–Trinajstić information content (AvgIpc) is 2.62. The largest absolute Gasteiger partial charge is 0.457 e. The molecule has 2 aromatic carbocycles. The molecule has 1 aromatic heterocycles. The molecule has 0 amide bonds. The minimum absolute atomic E-state index is 0.336. The van der Waals surface area contributed by atoms with Gasteiger partial charge in [0.15, 0.2) is 5.82 Å². The molecule has 126 valence electrons. The maximum Gasteiger partial charge on any atom is 0.416 e. The molecular formula is C19H13F3N2O. The summed E-state index contributed by atoms with van der Waals surface area (Å²) in [6.07, 6.45) is -1.02. The van der Waals surface area contributed by atoms with Crippen LogP contribution in [0.25, 0.3) is 0 Å². The third-order valence-corrected chi connectivity index (χ3v) is 3.29. The molecule has 0 radical (unpaired) electrons. The molecule has 3 rings (SSSR count). The van der Waals surface area contributed by atoms with Crippen LogP contribution >= 0.6 is 0 Å². The van der Waals surface area contributed by atoms with E-state index in [0.29, 0.717) is 17.3 Å². The van der Waals surface area contributed by atoms with Gasteiger partial charge in [-0.15, -0.1) is 0 Å². The summed E-state index contributed by atoms with van der Waals surface area (Å²) in [7, 11) is 0. The number of aliphatic imine (C=N–C) groups is 1. The van der Waals surface area contributed by atoms with Crippen LogP contribution in [0.2, 0.25) is 0 Å². The van der Waals surface area contributed by atoms with Crippen molar-refractivity contribution in [3.05, 3.63) is 84.1 Å². The van der Waals surface area contributed by atoms with Crippen molar-refractivity contribution in [2.24, 2.45) is 4.99 Å². The standard InChI is InChI=1S/C19H13F3N2O/c20-19(21,22)15-6-10-17(11-7-15)25-16-8-4-14(5-9-16)13-24-18-3-1-2-12-23-18/h1-13H. The Balaban J connectivity index is 1.65. The van der Waals surface area contributed by atoms with E-state index in [1.165, 1.54) is 12.1 Å². The Hall–Kier alpha value is -3.15. The van der Waals surface area contributed by atoms with Gasteiger partial charge in [0.1, 0.15) is 11.5 Å². The number of hydrogen-bond acceptors (Lipinski definition) is 3. The Morgan fingerprint density at radius 2 is 1.48 bits per heavy atom. The molecule has 3 aromatic rings. The summed E-state index contributed by atoms with van der Waals surface area (Å²) >= 11 is 0. The van der Waals surface area contributed by atoms with E-state index in [2.05, 4.69) is 9.98 Å². The van der Waals surface area contributed by atoms with Crippen LogP contribution in [0.4, 0.5) is 19.0 Å². The van der Waals surface area contributed by atoms with E-state index in [9.17, 15) is 13.2 Å². The quantitative estimate of drug-likeness (QED) is 0.575. The van der Waals surface area contributed by atoms with Gasteiger partial charge in [0.05, 0.1) is 5.56 Å². The summed E-state index contributed by atoms with van der Waals surface area (Å²) in [5, 5.41) is 0. The monoisotopic (exact) mass is 342 g/mol. The van der Waals surface area contributed by atoms with E-state index in [1.807, 2.05) is 12.1 Å². The van der Waals surface area contributed by atoms with Gasteiger partial charge in [-0.1, -0.05) is 6.07 Å². The maximum absolute atomic E-state index is 12.5. The number of alkyl halides is 3. The van der Waals surface area contributed by atoms with Gasteiger partial charge in [-0.3, -0.25) is 0 Å². The summed E-state index contributed by atoms with van der Waals surface area (Å²) in [5.74, 6) is 1.46. The number of rotatable bonds is 4. The summed E-state index contributed by atoms with van der Waals surface area (Å²) < 4.78 is 43.1. The van der Waals surface area contributed by atoms with Gasteiger partial charge >= 0.3 is 6.18 Å². The van der Waals surface area contributed by atoms with E-state index in [4.69, 9.17) is 4.74 Å². The number of halogens is 3. The van der Waals surface area contributed by atoms with Gasteiger partial charge in [-0.2, -0.15) is 13.2 Å². The highest BCUT2D eigenvalue weighted by Crippen LogP contribution is 2.31. The van der Waals surface area contributed by atoms with E-state index in [-0.39, 0.29) is 0 Å². The lowest BCUT2D eigenvalue weighted by molar-refractivity contribution is -0.137. The van der Waals surface area contributed by atoms with Gasteiger partial charge in [-0.25, -0.2) is 9.98 Å². The smallest absolute Gasteiger partial charge is 0.416 e. The van der Waals surface area contributed by atoms with Crippen LogP contribution in [0.3, 0.4) is 0 Å². The van der Waals surface area contributed by atoms with Crippen molar-refractivity contribution >= 4 is 12.0 Å². The SMILES string of the molecule is FC(F)(F)c1ccc(Oc2ccc(C=Nc3ccccn3)cc2)cc1. The number of hydrogen-bond donors (Lipinski definition) is 0.